The maximum absolute atomic E-state index is 13.7. The molecule has 1 aromatic carbocycles. The molecule has 0 aliphatic carbocycles. The summed E-state index contributed by atoms with van der Waals surface area (Å²) in [4.78, 5) is 13.9. The number of rotatable bonds is 3. The van der Waals surface area contributed by atoms with Crippen molar-refractivity contribution in [3.8, 4) is 0 Å². The third kappa shape index (κ3) is 3.90. The van der Waals surface area contributed by atoms with Crippen LogP contribution in [0.2, 0.25) is 0 Å². The van der Waals surface area contributed by atoms with E-state index in [4.69, 9.17) is 10.5 Å². The van der Waals surface area contributed by atoms with Crippen molar-refractivity contribution < 1.29 is 18.3 Å². The topological polar surface area (TPSA) is 55.6 Å². The van der Waals surface area contributed by atoms with Gasteiger partial charge in [-0.1, -0.05) is 0 Å². The number of nitrogens with zero attached hydrogens (tertiary/aromatic N) is 1. The summed E-state index contributed by atoms with van der Waals surface area (Å²) < 4.78 is 32.1. The zero-order valence-electron chi connectivity index (χ0n) is 11.7. The van der Waals surface area contributed by atoms with Gasteiger partial charge in [-0.25, -0.2) is 8.78 Å². The fourth-order valence-corrected chi connectivity index (χ4v) is 2.54. The number of hydrogen-bond donors (Lipinski definition) is 1. The molecule has 1 aliphatic heterocycles. The quantitative estimate of drug-likeness (QED) is 0.926. The van der Waals surface area contributed by atoms with E-state index in [0.717, 1.165) is 18.2 Å². The van der Waals surface area contributed by atoms with Crippen molar-refractivity contribution in [3.63, 3.8) is 0 Å². The lowest BCUT2D eigenvalue weighted by Gasteiger charge is -2.38. The van der Waals surface area contributed by atoms with Crippen LogP contribution >= 0.6 is 12.4 Å². The molecule has 1 fully saturated rings. The Balaban J connectivity index is 0.00000220. The number of carbonyl (C=O) groups excluding carboxylic acids is 1. The average Bonchev–Trinajstić information content (AvgIpc) is 2.48. The molecule has 1 heterocycles. The Morgan fingerprint density at radius 1 is 1.48 bits per heavy atom. The summed E-state index contributed by atoms with van der Waals surface area (Å²) in [6, 6.07) is 2.66. The number of halogens is 3. The molecular formula is C14H19ClF2N2O2. The van der Waals surface area contributed by atoms with Gasteiger partial charge in [-0.3, -0.25) is 4.79 Å². The van der Waals surface area contributed by atoms with Gasteiger partial charge in [0.15, 0.2) is 0 Å². The predicted octanol–water partition coefficient (Wildman–Crippen LogP) is 1.96. The first-order valence-electron chi connectivity index (χ1n) is 6.55. The molecule has 0 bridgehead atoms. The van der Waals surface area contributed by atoms with Crippen LogP contribution in [0.25, 0.3) is 0 Å². The number of methoxy groups -OCH3 is 1. The van der Waals surface area contributed by atoms with E-state index in [0.29, 0.717) is 19.4 Å². The molecule has 21 heavy (non-hydrogen) atoms. The Morgan fingerprint density at radius 3 is 2.81 bits per heavy atom. The lowest BCUT2D eigenvalue weighted by atomic mass is 9.98. The highest BCUT2D eigenvalue weighted by molar-refractivity contribution is 5.94. The van der Waals surface area contributed by atoms with Crippen LogP contribution in [0.1, 0.15) is 23.2 Å². The van der Waals surface area contributed by atoms with Gasteiger partial charge in [0.25, 0.3) is 5.91 Å². The van der Waals surface area contributed by atoms with Crippen molar-refractivity contribution in [2.45, 2.75) is 25.0 Å². The van der Waals surface area contributed by atoms with Crippen molar-refractivity contribution >= 4 is 18.3 Å². The van der Waals surface area contributed by atoms with E-state index in [1.54, 1.807) is 7.11 Å². The molecular weight excluding hydrogens is 302 g/mol. The van der Waals surface area contributed by atoms with Crippen LogP contribution in [0.15, 0.2) is 18.2 Å². The van der Waals surface area contributed by atoms with Gasteiger partial charge >= 0.3 is 0 Å². The van der Waals surface area contributed by atoms with Crippen LogP contribution in [-0.2, 0) is 4.74 Å². The molecule has 0 aromatic heterocycles. The SMILES string of the molecule is COC1CCN(C(=O)c2cc(F)ccc2F)C(CN)C1.Cl. The molecule has 118 valence electrons. The highest BCUT2D eigenvalue weighted by Gasteiger charge is 2.32. The fourth-order valence-electron chi connectivity index (χ4n) is 2.54. The third-order valence-corrected chi connectivity index (χ3v) is 3.69. The molecule has 1 amide bonds. The van der Waals surface area contributed by atoms with Gasteiger partial charge in [0.1, 0.15) is 11.6 Å². The van der Waals surface area contributed by atoms with E-state index in [-0.39, 0.29) is 36.7 Å². The second-order valence-corrected chi connectivity index (χ2v) is 4.89. The minimum Gasteiger partial charge on any atom is -0.381 e. The van der Waals surface area contributed by atoms with Gasteiger partial charge in [0.2, 0.25) is 0 Å². The standard InChI is InChI=1S/C14H18F2N2O2.ClH/c1-20-11-4-5-18(10(7-11)8-17)14(19)12-6-9(15)2-3-13(12)16;/h2-3,6,10-11H,4-5,7-8,17H2,1H3;1H. The molecule has 0 spiro atoms. The normalized spacial score (nSPS) is 21.8. The van der Waals surface area contributed by atoms with Gasteiger partial charge in [-0.15, -0.1) is 12.4 Å². The average molecular weight is 321 g/mol. The summed E-state index contributed by atoms with van der Waals surface area (Å²) in [5.74, 6) is -1.88. The summed E-state index contributed by atoms with van der Waals surface area (Å²) >= 11 is 0. The molecule has 2 atom stereocenters. The van der Waals surface area contributed by atoms with Crippen LogP contribution in [0.3, 0.4) is 0 Å². The second-order valence-electron chi connectivity index (χ2n) is 4.89. The van der Waals surface area contributed by atoms with Crippen LogP contribution < -0.4 is 5.73 Å². The zero-order valence-corrected chi connectivity index (χ0v) is 12.5. The monoisotopic (exact) mass is 320 g/mol. The van der Waals surface area contributed by atoms with Crippen LogP contribution in [-0.4, -0.2) is 43.2 Å². The number of hydrogen-bond acceptors (Lipinski definition) is 3. The largest absolute Gasteiger partial charge is 0.381 e. The minimum absolute atomic E-state index is 0. The highest BCUT2D eigenvalue weighted by Crippen LogP contribution is 2.22. The molecule has 1 aliphatic rings. The Hall–Kier alpha value is -1.24. The van der Waals surface area contributed by atoms with E-state index in [9.17, 15) is 13.6 Å². The molecule has 2 unspecified atom stereocenters. The van der Waals surface area contributed by atoms with Crippen LogP contribution in [0.4, 0.5) is 8.78 Å². The predicted molar refractivity (Wildman–Crippen MR) is 77.5 cm³/mol. The van der Waals surface area contributed by atoms with Crippen molar-refractivity contribution in [2.75, 3.05) is 20.2 Å². The molecule has 4 nitrogen and oxygen atoms in total. The first kappa shape index (κ1) is 17.8. The Kier molecular flexibility index (Phi) is 6.51. The number of benzene rings is 1. The number of likely N-dealkylation sites (tertiary alicyclic amines) is 1. The Labute approximate surface area is 128 Å². The molecule has 2 N–H and O–H groups in total. The highest BCUT2D eigenvalue weighted by atomic mass is 35.5. The number of nitrogens with two attached hydrogens (primary N) is 1. The van der Waals surface area contributed by atoms with E-state index in [1.807, 2.05) is 0 Å². The number of amides is 1. The molecule has 0 radical (unpaired) electrons. The molecule has 1 aromatic rings. The van der Waals surface area contributed by atoms with Crippen molar-refractivity contribution in [3.05, 3.63) is 35.4 Å². The van der Waals surface area contributed by atoms with Gasteiger partial charge in [-0.05, 0) is 31.0 Å². The first-order chi connectivity index (χ1) is 9.56. The van der Waals surface area contributed by atoms with E-state index in [1.165, 1.54) is 4.90 Å². The maximum Gasteiger partial charge on any atom is 0.257 e. The van der Waals surface area contributed by atoms with E-state index < -0.39 is 17.5 Å². The molecule has 7 heteroatoms. The third-order valence-electron chi connectivity index (χ3n) is 3.69. The summed E-state index contributed by atoms with van der Waals surface area (Å²) in [6.07, 6.45) is 1.32. The summed E-state index contributed by atoms with van der Waals surface area (Å²) in [6.45, 7) is 0.692. The summed E-state index contributed by atoms with van der Waals surface area (Å²) in [5.41, 5.74) is 5.43. The van der Waals surface area contributed by atoms with Gasteiger partial charge < -0.3 is 15.4 Å². The smallest absolute Gasteiger partial charge is 0.257 e. The fraction of sp³-hybridized carbons (Fsp3) is 0.500. The molecule has 2 rings (SSSR count). The second kappa shape index (κ2) is 7.68. The number of carbonyl (C=O) groups is 1. The van der Waals surface area contributed by atoms with E-state index in [2.05, 4.69) is 0 Å². The van der Waals surface area contributed by atoms with Crippen molar-refractivity contribution in [1.29, 1.82) is 0 Å². The van der Waals surface area contributed by atoms with E-state index >= 15 is 0 Å². The van der Waals surface area contributed by atoms with Crippen molar-refractivity contribution in [2.24, 2.45) is 5.73 Å². The molecule has 1 saturated heterocycles. The first-order valence-corrected chi connectivity index (χ1v) is 6.55. The summed E-state index contributed by atoms with van der Waals surface area (Å²) in [5, 5.41) is 0. The Morgan fingerprint density at radius 2 is 2.19 bits per heavy atom. The minimum atomic E-state index is -0.721. The van der Waals surface area contributed by atoms with Gasteiger partial charge in [0, 0.05) is 26.2 Å². The van der Waals surface area contributed by atoms with Crippen LogP contribution in [0, 0.1) is 11.6 Å². The number of piperidine rings is 1. The zero-order chi connectivity index (χ0) is 14.7. The van der Waals surface area contributed by atoms with Crippen molar-refractivity contribution in [1.82, 2.24) is 4.90 Å². The van der Waals surface area contributed by atoms with Crippen LogP contribution in [0.5, 0.6) is 0 Å². The lowest BCUT2D eigenvalue weighted by molar-refractivity contribution is 0.0136. The molecule has 0 saturated carbocycles. The maximum atomic E-state index is 13.7. The van der Waals surface area contributed by atoms with Gasteiger partial charge in [0.05, 0.1) is 11.7 Å². The summed E-state index contributed by atoms with van der Waals surface area (Å²) in [7, 11) is 1.61. The van der Waals surface area contributed by atoms with Gasteiger partial charge in [-0.2, -0.15) is 0 Å². The Bertz CT molecular complexity index is 502. The number of ether oxygens (including phenoxy) is 1. The lowest BCUT2D eigenvalue weighted by Crippen LogP contribution is -2.51.